The zero-order chi connectivity index (χ0) is 11.2. The Labute approximate surface area is 102 Å². The number of thioether (sulfide) groups is 1. The summed E-state index contributed by atoms with van der Waals surface area (Å²) in [5.41, 5.74) is 1.38. The van der Waals surface area contributed by atoms with Gasteiger partial charge in [-0.3, -0.25) is 0 Å². The van der Waals surface area contributed by atoms with Crippen LogP contribution >= 0.6 is 11.8 Å². The van der Waals surface area contributed by atoms with Crippen LogP contribution in [0, 0.1) is 5.92 Å². The Bertz CT molecular complexity index is 293. The van der Waals surface area contributed by atoms with E-state index in [9.17, 15) is 5.11 Å². The van der Waals surface area contributed by atoms with Crippen molar-refractivity contribution in [2.24, 2.45) is 5.92 Å². The molecule has 0 bridgehead atoms. The Kier molecular flexibility index (Phi) is 4.73. The van der Waals surface area contributed by atoms with Crippen molar-refractivity contribution >= 4 is 11.8 Å². The van der Waals surface area contributed by atoms with Gasteiger partial charge in [0.1, 0.15) is 0 Å². The Hall–Kier alpha value is -0.470. The van der Waals surface area contributed by atoms with Gasteiger partial charge in [-0.25, -0.2) is 0 Å². The second-order valence-corrected chi connectivity index (χ2v) is 5.72. The van der Waals surface area contributed by atoms with E-state index < -0.39 is 0 Å². The van der Waals surface area contributed by atoms with E-state index in [-0.39, 0.29) is 6.10 Å². The molecule has 0 spiro atoms. The molecule has 88 valence electrons. The maximum atomic E-state index is 10.0. The molecule has 0 saturated carbocycles. The van der Waals surface area contributed by atoms with E-state index in [4.69, 9.17) is 0 Å². The third-order valence-electron chi connectivity index (χ3n) is 3.32. The van der Waals surface area contributed by atoms with E-state index >= 15 is 0 Å². The number of aliphatic hydroxyl groups is 1. The largest absolute Gasteiger partial charge is 0.393 e. The fraction of sp³-hybridized carbons (Fsp3) is 0.571. The van der Waals surface area contributed by atoms with Crippen molar-refractivity contribution in [3.8, 4) is 0 Å². The monoisotopic (exact) mass is 236 g/mol. The lowest BCUT2D eigenvalue weighted by molar-refractivity contribution is 0.109. The van der Waals surface area contributed by atoms with Crippen molar-refractivity contribution in [3.05, 3.63) is 35.9 Å². The quantitative estimate of drug-likeness (QED) is 0.847. The van der Waals surface area contributed by atoms with Gasteiger partial charge in [0.2, 0.25) is 0 Å². The van der Waals surface area contributed by atoms with Gasteiger partial charge in [0.25, 0.3) is 0 Å². The standard InChI is InChI=1S/C14H20OS/c15-14(13-9-10-16-11-13)8-4-7-12-5-2-1-3-6-12/h1-3,5-6,13-15H,4,7-11H2. The summed E-state index contributed by atoms with van der Waals surface area (Å²) in [6, 6.07) is 10.5. The minimum absolute atomic E-state index is 0.0706. The lowest BCUT2D eigenvalue weighted by Gasteiger charge is -2.16. The number of hydrogen-bond acceptors (Lipinski definition) is 2. The Morgan fingerprint density at radius 1 is 1.31 bits per heavy atom. The highest BCUT2D eigenvalue weighted by molar-refractivity contribution is 7.99. The second kappa shape index (κ2) is 6.31. The zero-order valence-corrected chi connectivity index (χ0v) is 10.5. The molecule has 2 rings (SSSR count). The Morgan fingerprint density at radius 3 is 2.81 bits per heavy atom. The minimum atomic E-state index is -0.0706. The first-order valence-corrected chi connectivity index (χ1v) is 7.31. The molecule has 2 unspecified atom stereocenters. The van der Waals surface area contributed by atoms with Crippen molar-refractivity contribution in [3.63, 3.8) is 0 Å². The first kappa shape index (κ1) is 12.0. The molecule has 1 saturated heterocycles. The van der Waals surface area contributed by atoms with E-state index in [1.807, 2.05) is 17.8 Å². The van der Waals surface area contributed by atoms with Crippen LogP contribution < -0.4 is 0 Å². The van der Waals surface area contributed by atoms with Crippen LogP contribution in [0.15, 0.2) is 30.3 Å². The van der Waals surface area contributed by atoms with E-state index in [2.05, 4.69) is 24.3 Å². The Morgan fingerprint density at radius 2 is 2.12 bits per heavy atom. The Balaban J connectivity index is 1.67. The molecule has 1 heterocycles. The van der Waals surface area contributed by atoms with Gasteiger partial charge < -0.3 is 5.11 Å². The molecule has 2 heteroatoms. The van der Waals surface area contributed by atoms with Crippen molar-refractivity contribution in [2.45, 2.75) is 31.8 Å². The molecular weight excluding hydrogens is 216 g/mol. The summed E-state index contributed by atoms with van der Waals surface area (Å²) in [6.07, 6.45) is 4.29. The first-order chi connectivity index (χ1) is 7.86. The molecular formula is C14H20OS. The van der Waals surface area contributed by atoms with Crippen LogP contribution in [-0.2, 0) is 6.42 Å². The highest BCUT2D eigenvalue weighted by atomic mass is 32.2. The maximum Gasteiger partial charge on any atom is 0.0576 e. The van der Waals surface area contributed by atoms with E-state index in [0.29, 0.717) is 5.92 Å². The highest BCUT2D eigenvalue weighted by Gasteiger charge is 2.22. The van der Waals surface area contributed by atoms with Crippen molar-refractivity contribution in [1.29, 1.82) is 0 Å². The van der Waals surface area contributed by atoms with Gasteiger partial charge in [-0.05, 0) is 48.7 Å². The lowest BCUT2D eigenvalue weighted by Crippen LogP contribution is -2.19. The summed E-state index contributed by atoms with van der Waals surface area (Å²) in [7, 11) is 0. The summed E-state index contributed by atoms with van der Waals surface area (Å²) in [5, 5.41) is 10.0. The van der Waals surface area contributed by atoms with Gasteiger partial charge in [-0.2, -0.15) is 11.8 Å². The van der Waals surface area contributed by atoms with Crippen molar-refractivity contribution in [2.75, 3.05) is 11.5 Å². The SMILES string of the molecule is OC(CCCc1ccccc1)C1CCSC1. The average molecular weight is 236 g/mol. The smallest absolute Gasteiger partial charge is 0.0576 e. The molecule has 0 aliphatic carbocycles. The van der Waals surface area contributed by atoms with Gasteiger partial charge >= 0.3 is 0 Å². The topological polar surface area (TPSA) is 20.2 Å². The molecule has 1 aliphatic rings. The molecule has 0 aromatic heterocycles. The molecule has 1 aliphatic heterocycles. The average Bonchev–Trinajstić information content (AvgIpc) is 2.84. The van der Waals surface area contributed by atoms with Gasteiger partial charge in [0.05, 0.1) is 6.10 Å². The van der Waals surface area contributed by atoms with Gasteiger partial charge in [0.15, 0.2) is 0 Å². The summed E-state index contributed by atoms with van der Waals surface area (Å²) in [6.45, 7) is 0. The molecule has 1 nitrogen and oxygen atoms in total. The van der Waals surface area contributed by atoms with Crippen LogP contribution in [0.5, 0.6) is 0 Å². The summed E-state index contributed by atoms with van der Waals surface area (Å²) in [5.74, 6) is 2.95. The number of benzene rings is 1. The van der Waals surface area contributed by atoms with Crippen LogP contribution in [0.4, 0.5) is 0 Å². The summed E-state index contributed by atoms with van der Waals surface area (Å²) >= 11 is 1.98. The third-order valence-corrected chi connectivity index (χ3v) is 4.51. The minimum Gasteiger partial charge on any atom is -0.393 e. The normalized spacial score (nSPS) is 22.2. The maximum absolute atomic E-state index is 10.0. The fourth-order valence-electron chi connectivity index (χ4n) is 2.25. The molecule has 1 N–H and O–H groups in total. The molecule has 0 radical (unpaired) electrons. The van der Waals surface area contributed by atoms with Crippen LogP contribution in [0.3, 0.4) is 0 Å². The van der Waals surface area contributed by atoms with Crippen LogP contribution in [0.2, 0.25) is 0 Å². The number of aryl methyl sites for hydroxylation is 1. The summed E-state index contributed by atoms with van der Waals surface area (Å²) in [4.78, 5) is 0. The van der Waals surface area contributed by atoms with Crippen LogP contribution in [0.1, 0.15) is 24.8 Å². The lowest BCUT2D eigenvalue weighted by atomic mass is 9.96. The second-order valence-electron chi connectivity index (χ2n) is 4.57. The van der Waals surface area contributed by atoms with E-state index in [0.717, 1.165) is 25.0 Å². The number of aliphatic hydroxyl groups excluding tert-OH is 1. The fourth-order valence-corrected chi connectivity index (χ4v) is 3.58. The van der Waals surface area contributed by atoms with Gasteiger partial charge in [0, 0.05) is 0 Å². The molecule has 1 fully saturated rings. The van der Waals surface area contributed by atoms with Crippen molar-refractivity contribution < 1.29 is 5.11 Å². The van der Waals surface area contributed by atoms with Crippen LogP contribution in [-0.4, -0.2) is 22.7 Å². The molecule has 2 atom stereocenters. The number of rotatable bonds is 5. The molecule has 1 aromatic carbocycles. The van der Waals surface area contributed by atoms with E-state index in [1.165, 1.54) is 17.7 Å². The number of hydrogen-bond donors (Lipinski definition) is 1. The highest BCUT2D eigenvalue weighted by Crippen LogP contribution is 2.28. The summed E-state index contributed by atoms with van der Waals surface area (Å²) < 4.78 is 0. The van der Waals surface area contributed by atoms with Gasteiger partial charge in [-0.15, -0.1) is 0 Å². The van der Waals surface area contributed by atoms with Crippen molar-refractivity contribution in [1.82, 2.24) is 0 Å². The molecule has 1 aromatic rings. The van der Waals surface area contributed by atoms with Crippen LogP contribution in [0.25, 0.3) is 0 Å². The zero-order valence-electron chi connectivity index (χ0n) is 9.64. The third kappa shape index (κ3) is 3.53. The van der Waals surface area contributed by atoms with Gasteiger partial charge in [-0.1, -0.05) is 30.3 Å². The van der Waals surface area contributed by atoms with E-state index in [1.54, 1.807) is 0 Å². The molecule has 16 heavy (non-hydrogen) atoms. The first-order valence-electron chi connectivity index (χ1n) is 6.16. The molecule has 0 amide bonds. The predicted octanol–water partition coefficient (Wildman–Crippen LogP) is 3.12. The predicted molar refractivity (Wildman–Crippen MR) is 70.8 cm³/mol.